The predicted molar refractivity (Wildman–Crippen MR) is 126 cm³/mol. The molecular weight excluding hydrogens is 478 g/mol. The summed E-state index contributed by atoms with van der Waals surface area (Å²) in [4.78, 5) is 25.2. The first-order chi connectivity index (χ1) is 14.8. The summed E-state index contributed by atoms with van der Waals surface area (Å²) in [6, 6.07) is 17.9. The van der Waals surface area contributed by atoms with Gasteiger partial charge >= 0.3 is 11.3 Å². The van der Waals surface area contributed by atoms with Gasteiger partial charge in [-0.2, -0.15) is 0 Å². The zero-order chi connectivity index (χ0) is 22.0. The first-order valence-electron chi connectivity index (χ1n) is 9.34. The Bertz CT molecular complexity index is 957. The van der Waals surface area contributed by atoms with Crippen LogP contribution < -0.4 is 10.6 Å². The molecule has 31 heavy (non-hydrogen) atoms. The first kappa shape index (κ1) is 22.7. The predicted octanol–water partition coefficient (Wildman–Crippen LogP) is 5.15. The van der Waals surface area contributed by atoms with Gasteiger partial charge in [-0.25, -0.2) is 0 Å². The van der Waals surface area contributed by atoms with Crippen LogP contribution in [0.15, 0.2) is 60.7 Å². The molecule has 0 aliphatic carbocycles. The molecule has 1 spiro atoms. The maximum absolute atomic E-state index is 12.6. The van der Waals surface area contributed by atoms with Gasteiger partial charge in [0, 0.05) is 11.4 Å². The van der Waals surface area contributed by atoms with Gasteiger partial charge in [0.05, 0.1) is 31.8 Å². The average Bonchev–Trinajstić information content (AvgIpc) is 2.79. The van der Waals surface area contributed by atoms with E-state index in [2.05, 4.69) is 10.6 Å². The standard InChI is InChI=1S/C19H20N2O6P2S2/c22-17(20-15-7-3-1-4-8-15)28(30)24-11-19(12-25-28)13-26-29(31,27-14-19)18(23)21-16-9-5-2-6-10-16/h1-10H,11-14H2,(H,20,22)(H,21,23). The third-order valence-electron chi connectivity index (χ3n) is 4.71. The van der Waals surface area contributed by atoms with Gasteiger partial charge in [-0.15, -0.1) is 0 Å². The maximum atomic E-state index is 12.6. The molecule has 0 saturated carbocycles. The summed E-state index contributed by atoms with van der Waals surface area (Å²) in [7, 11) is 0. The van der Waals surface area contributed by atoms with Gasteiger partial charge in [0.2, 0.25) is 0 Å². The second-order valence-corrected chi connectivity index (χ2v) is 13.9. The molecule has 4 rings (SSSR count). The Morgan fingerprint density at radius 3 is 1.32 bits per heavy atom. The van der Waals surface area contributed by atoms with Crippen molar-refractivity contribution in [3.63, 3.8) is 0 Å². The van der Waals surface area contributed by atoms with Gasteiger partial charge in [0.1, 0.15) is 0 Å². The van der Waals surface area contributed by atoms with E-state index in [0.29, 0.717) is 11.4 Å². The van der Waals surface area contributed by atoms with Crippen LogP contribution in [0, 0.1) is 5.41 Å². The van der Waals surface area contributed by atoms with Gasteiger partial charge in [-0.05, 0) is 47.9 Å². The minimum absolute atomic E-state index is 0.113. The second-order valence-electron chi connectivity index (χ2n) is 7.18. The summed E-state index contributed by atoms with van der Waals surface area (Å²) in [6.45, 7) is -5.91. The van der Waals surface area contributed by atoms with Gasteiger partial charge in [0.25, 0.3) is 13.0 Å². The largest absolute Gasteiger partial charge is 0.322 e. The lowest BCUT2D eigenvalue weighted by atomic mass is 9.93. The highest BCUT2D eigenvalue weighted by atomic mass is 32.5. The molecule has 2 heterocycles. The van der Waals surface area contributed by atoms with E-state index in [1.165, 1.54) is 0 Å². The molecule has 0 unspecified atom stereocenters. The van der Waals surface area contributed by atoms with Crippen LogP contribution in [-0.4, -0.2) is 37.7 Å². The van der Waals surface area contributed by atoms with Crippen molar-refractivity contribution in [2.24, 2.45) is 5.41 Å². The van der Waals surface area contributed by atoms with Gasteiger partial charge in [-0.3, -0.25) is 9.59 Å². The second kappa shape index (κ2) is 9.17. The fraction of sp³-hybridized carbons (Fsp3) is 0.263. The quantitative estimate of drug-likeness (QED) is 0.559. The third kappa shape index (κ3) is 5.13. The molecule has 2 saturated heterocycles. The number of anilines is 2. The van der Waals surface area contributed by atoms with Crippen molar-refractivity contribution < 1.29 is 27.7 Å². The van der Waals surface area contributed by atoms with Crippen LogP contribution in [0.1, 0.15) is 0 Å². The Balaban J connectivity index is 1.34. The minimum Gasteiger partial charge on any atom is -0.322 e. The smallest absolute Gasteiger partial charge is 0.309 e. The van der Waals surface area contributed by atoms with Gasteiger partial charge in [0.15, 0.2) is 0 Å². The molecule has 2 aromatic rings. The number of carbonyl (C=O) groups excluding carboxylic acids is 2. The van der Waals surface area contributed by atoms with Crippen LogP contribution in [0.25, 0.3) is 0 Å². The molecule has 2 N–H and O–H groups in total. The van der Waals surface area contributed by atoms with Crippen molar-refractivity contribution >= 4 is 59.3 Å². The molecule has 0 bridgehead atoms. The van der Waals surface area contributed by atoms with Crippen LogP contribution in [-0.2, 0) is 41.7 Å². The van der Waals surface area contributed by atoms with Crippen LogP contribution in [0.4, 0.5) is 21.0 Å². The van der Waals surface area contributed by atoms with Crippen molar-refractivity contribution in [2.75, 3.05) is 37.1 Å². The van der Waals surface area contributed by atoms with Crippen LogP contribution in [0.2, 0.25) is 0 Å². The number of hydrogen-bond donors (Lipinski definition) is 2. The van der Waals surface area contributed by atoms with E-state index in [-0.39, 0.29) is 26.4 Å². The summed E-state index contributed by atoms with van der Waals surface area (Å²) < 4.78 is 22.9. The van der Waals surface area contributed by atoms with Gasteiger partial charge < -0.3 is 28.7 Å². The highest BCUT2D eigenvalue weighted by Gasteiger charge is 2.49. The number of nitrogens with one attached hydrogen (secondary N) is 2. The molecule has 0 radical (unpaired) electrons. The maximum Gasteiger partial charge on any atom is 0.309 e. The van der Waals surface area contributed by atoms with E-state index in [1.54, 1.807) is 48.5 Å². The van der Waals surface area contributed by atoms with Gasteiger partial charge in [-0.1, -0.05) is 36.4 Å². The van der Waals surface area contributed by atoms with Crippen molar-refractivity contribution in [3.05, 3.63) is 60.7 Å². The zero-order valence-corrected chi connectivity index (χ0v) is 19.7. The lowest BCUT2D eigenvalue weighted by molar-refractivity contribution is -0.0514. The molecule has 164 valence electrons. The Kier molecular flexibility index (Phi) is 6.72. The number of carbonyl (C=O) groups is 2. The van der Waals surface area contributed by atoms with Crippen LogP contribution in [0.3, 0.4) is 0 Å². The Morgan fingerprint density at radius 2 is 1.00 bits per heavy atom. The number of benzene rings is 2. The molecule has 0 aromatic heterocycles. The topological polar surface area (TPSA) is 95.1 Å². The minimum atomic E-state index is -3.18. The normalized spacial score (nSPS) is 30.5. The van der Waals surface area contributed by atoms with Crippen molar-refractivity contribution in [1.82, 2.24) is 0 Å². The molecule has 0 atom stereocenters. The highest BCUT2D eigenvalue weighted by molar-refractivity contribution is 8.18. The van der Waals surface area contributed by atoms with Crippen molar-refractivity contribution in [1.29, 1.82) is 0 Å². The molecular formula is C19H20N2O6P2S2. The summed E-state index contributed by atoms with van der Waals surface area (Å²) in [5.74, 6) is 0. The van der Waals surface area contributed by atoms with Crippen molar-refractivity contribution in [2.45, 2.75) is 0 Å². The lowest BCUT2D eigenvalue weighted by Crippen LogP contribution is -2.46. The van der Waals surface area contributed by atoms with Crippen LogP contribution >= 0.6 is 13.0 Å². The van der Waals surface area contributed by atoms with E-state index in [1.807, 2.05) is 12.1 Å². The Hall–Kier alpha value is -1.48. The molecule has 2 aromatic carbocycles. The number of amides is 2. The highest BCUT2D eigenvalue weighted by Crippen LogP contribution is 2.60. The number of hydrogen-bond acceptors (Lipinski definition) is 8. The summed E-state index contributed by atoms with van der Waals surface area (Å²) >= 11 is 10.8. The SMILES string of the molecule is O=C(Nc1ccccc1)P1(=S)OCC2(CO1)COP(=S)(C(=O)Nc1ccccc1)OC2. The molecule has 12 heteroatoms. The van der Waals surface area contributed by atoms with Crippen LogP contribution in [0.5, 0.6) is 0 Å². The molecule has 2 amide bonds. The fourth-order valence-electron chi connectivity index (χ4n) is 2.87. The third-order valence-corrected chi connectivity index (χ3v) is 10.1. The van der Waals surface area contributed by atoms with Crippen molar-refractivity contribution in [3.8, 4) is 0 Å². The van der Waals surface area contributed by atoms with E-state index in [4.69, 9.17) is 41.7 Å². The summed E-state index contributed by atoms with van der Waals surface area (Å²) in [5, 5.41) is 5.45. The Morgan fingerprint density at radius 1 is 0.677 bits per heavy atom. The molecule has 2 fully saturated rings. The average molecular weight is 498 g/mol. The molecule has 2 aliphatic heterocycles. The van der Waals surface area contributed by atoms with E-state index in [0.717, 1.165) is 0 Å². The summed E-state index contributed by atoms with van der Waals surface area (Å²) in [5.41, 5.74) is -0.413. The fourth-order valence-corrected chi connectivity index (χ4v) is 6.71. The number of rotatable bonds is 4. The van der Waals surface area contributed by atoms with E-state index >= 15 is 0 Å². The molecule has 2 aliphatic rings. The van der Waals surface area contributed by atoms with E-state index in [9.17, 15) is 9.59 Å². The number of para-hydroxylation sites is 2. The first-order valence-corrected chi connectivity index (χ1v) is 14.6. The van der Waals surface area contributed by atoms with E-state index < -0.39 is 29.7 Å². The lowest BCUT2D eigenvalue weighted by Gasteiger charge is -2.44. The monoisotopic (exact) mass is 498 g/mol. The molecule has 8 nitrogen and oxygen atoms in total. The summed E-state index contributed by atoms with van der Waals surface area (Å²) in [6.07, 6.45) is 0. The Labute approximate surface area is 189 Å². The zero-order valence-electron chi connectivity index (χ0n) is 16.3.